The first-order valence-corrected chi connectivity index (χ1v) is 15.2. The van der Waals surface area contributed by atoms with Crippen molar-refractivity contribution in [2.75, 3.05) is 30.3 Å². The van der Waals surface area contributed by atoms with Crippen LogP contribution in [0.1, 0.15) is 39.8 Å². The smallest absolute Gasteiger partial charge is 0.324 e. The minimum atomic E-state index is -3.56. The summed E-state index contributed by atoms with van der Waals surface area (Å²) in [5.74, 6) is -1.09. The van der Waals surface area contributed by atoms with Gasteiger partial charge in [-0.3, -0.25) is 14.7 Å². The van der Waals surface area contributed by atoms with Gasteiger partial charge >= 0.3 is 6.03 Å². The maximum Gasteiger partial charge on any atom is 0.324 e. The number of anilines is 2. The summed E-state index contributed by atoms with van der Waals surface area (Å²) >= 11 is 0. The number of nitrogens with one attached hydrogen (secondary N) is 3. The van der Waals surface area contributed by atoms with Gasteiger partial charge in [0, 0.05) is 25.3 Å². The number of hydrogen-bond acceptors (Lipinski definition) is 10. The van der Waals surface area contributed by atoms with Crippen LogP contribution in [0.5, 0.6) is 0 Å². The van der Waals surface area contributed by atoms with Crippen LogP contribution in [0.25, 0.3) is 11.2 Å². The van der Waals surface area contributed by atoms with E-state index in [4.69, 9.17) is 14.2 Å². The summed E-state index contributed by atoms with van der Waals surface area (Å²) in [5, 5.41) is 8.11. The molecule has 1 aromatic carbocycles. The number of benzene rings is 1. The molecular formula is C26H32N8O7S. The molecule has 0 bridgehead atoms. The first-order valence-electron chi connectivity index (χ1n) is 13.7. The molecule has 42 heavy (non-hydrogen) atoms. The van der Waals surface area contributed by atoms with Crippen molar-refractivity contribution in [1.82, 2.24) is 29.1 Å². The molecule has 0 unspecified atom stereocenters. The lowest BCUT2D eigenvalue weighted by molar-refractivity contribution is -0.197. The predicted octanol–water partition coefficient (Wildman–Crippen LogP) is 1.81. The summed E-state index contributed by atoms with van der Waals surface area (Å²) in [4.78, 5) is 38.6. The fourth-order valence-corrected chi connectivity index (χ4v) is 6.99. The largest absolute Gasteiger partial charge is 0.354 e. The Morgan fingerprint density at radius 1 is 1.02 bits per heavy atom. The number of carbonyl (C=O) groups is 2. The van der Waals surface area contributed by atoms with Crippen LogP contribution >= 0.6 is 0 Å². The molecule has 224 valence electrons. The highest BCUT2D eigenvalue weighted by Gasteiger charge is 2.58. The van der Waals surface area contributed by atoms with Crippen LogP contribution in [-0.2, 0) is 29.0 Å². The van der Waals surface area contributed by atoms with Gasteiger partial charge in [-0.25, -0.2) is 28.2 Å². The van der Waals surface area contributed by atoms with Gasteiger partial charge in [-0.2, -0.15) is 4.31 Å². The maximum absolute atomic E-state index is 12.8. The Hall–Kier alpha value is -3.70. The van der Waals surface area contributed by atoms with E-state index in [1.807, 2.05) is 6.92 Å². The number of urea groups is 1. The fourth-order valence-electron chi connectivity index (χ4n) is 5.47. The van der Waals surface area contributed by atoms with Crippen LogP contribution in [0, 0.1) is 0 Å². The monoisotopic (exact) mass is 600 g/mol. The van der Waals surface area contributed by atoms with Crippen LogP contribution < -0.4 is 16.0 Å². The number of sulfonamides is 1. The number of imidazole rings is 1. The van der Waals surface area contributed by atoms with Crippen molar-refractivity contribution in [2.45, 2.75) is 68.8 Å². The molecule has 3 N–H and O–H groups in total. The Labute approximate surface area is 242 Å². The molecule has 3 aromatic rings. The molecule has 0 aliphatic carbocycles. The number of carbonyl (C=O) groups excluding carboxylic acids is 2. The number of hydrogen-bond donors (Lipinski definition) is 3. The summed E-state index contributed by atoms with van der Waals surface area (Å²) in [6, 6.07) is 5.37. The lowest BCUT2D eigenvalue weighted by Crippen LogP contribution is -2.42. The second-order valence-electron chi connectivity index (χ2n) is 10.7. The van der Waals surface area contributed by atoms with E-state index < -0.39 is 46.4 Å². The van der Waals surface area contributed by atoms with Gasteiger partial charge in [0.05, 0.1) is 11.2 Å². The molecule has 0 saturated carbocycles. The Morgan fingerprint density at radius 2 is 1.74 bits per heavy atom. The molecule has 0 spiro atoms. The van der Waals surface area contributed by atoms with Crippen LogP contribution in [0.4, 0.5) is 16.3 Å². The summed E-state index contributed by atoms with van der Waals surface area (Å²) < 4.78 is 46.8. The summed E-state index contributed by atoms with van der Waals surface area (Å²) in [6.07, 6.45) is 1.52. The van der Waals surface area contributed by atoms with Crippen molar-refractivity contribution in [1.29, 1.82) is 0 Å². The van der Waals surface area contributed by atoms with E-state index in [2.05, 4.69) is 30.9 Å². The fraction of sp³-hybridized carbons (Fsp3) is 0.500. The van der Waals surface area contributed by atoms with E-state index in [9.17, 15) is 18.0 Å². The highest BCUT2D eigenvalue weighted by molar-refractivity contribution is 7.89. The third-order valence-electron chi connectivity index (χ3n) is 7.32. The van der Waals surface area contributed by atoms with Gasteiger partial charge in [0.1, 0.15) is 18.5 Å². The minimum Gasteiger partial charge on any atom is -0.354 e. The van der Waals surface area contributed by atoms with Gasteiger partial charge in [-0.05, 0) is 57.9 Å². The molecule has 4 atom stereocenters. The van der Waals surface area contributed by atoms with Gasteiger partial charge < -0.3 is 24.8 Å². The number of rotatable bonds is 7. The van der Waals surface area contributed by atoms with E-state index in [-0.39, 0.29) is 16.6 Å². The van der Waals surface area contributed by atoms with Crippen molar-refractivity contribution >= 4 is 44.6 Å². The molecular weight excluding hydrogens is 568 g/mol. The van der Waals surface area contributed by atoms with Gasteiger partial charge in [0.15, 0.2) is 35.1 Å². The third kappa shape index (κ3) is 5.20. The third-order valence-corrected chi connectivity index (χ3v) is 9.23. The van der Waals surface area contributed by atoms with E-state index in [0.29, 0.717) is 36.5 Å². The summed E-state index contributed by atoms with van der Waals surface area (Å²) in [6.45, 7) is 6.81. The number of fused-ring (bicyclic) bond motifs is 2. The molecule has 3 amide bonds. The standard InChI is InChI=1S/C26H32N8O7S/c1-4-27-23(35)19-18-20(41-26(2,3)40-18)24(39-19)34-14-30-17-21(28-13-29-22(17)34)32-25(36)31-15-7-9-16(10-8-15)42(37,38)33-11-5-6-12-33/h7-10,13-14,18-20,24H,4-6,11-12H2,1-3H3,(H,27,35)(H2,28,29,31,32,36)/t18-,19+,20-,24-/m1/s1. The number of nitrogens with zero attached hydrogens (tertiary/aromatic N) is 5. The van der Waals surface area contributed by atoms with Crippen molar-refractivity contribution < 1.29 is 32.2 Å². The zero-order valence-electron chi connectivity index (χ0n) is 23.3. The topological polar surface area (TPSA) is 179 Å². The number of amides is 3. The van der Waals surface area contributed by atoms with Crippen molar-refractivity contribution in [2.24, 2.45) is 0 Å². The molecule has 16 heteroatoms. The van der Waals surface area contributed by atoms with Crippen LogP contribution in [0.15, 0.2) is 41.8 Å². The van der Waals surface area contributed by atoms with Gasteiger partial charge in [0.25, 0.3) is 5.91 Å². The van der Waals surface area contributed by atoms with Gasteiger partial charge in [-0.1, -0.05) is 0 Å². The highest BCUT2D eigenvalue weighted by Crippen LogP contribution is 2.44. The predicted molar refractivity (Wildman–Crippen MR) is 149 cm³/mol. The number of likely N-dealkylation sites (N-methyl/N-ethyl adjacent to an activating group) is 1. The first-order chi connectivity index (χ1) is 20.1. The van der Waals surface area contributed by atoms with E-state index >= 15 is 0 Å². The second-order valence-corrected chi connectivity index (χ2v) is 12.6. The Bertz CT molecular complexity index is 1600. The normalized spacial score (nSPS) is 25.4. The van der Waals surface area contributed by atoms with E-state index in [1.54, 1.807) is 18.4 Å². The zero-order valence-corrected chi connectivity index (χ0v) is 24.1. The Kier molecular flexibility index (Phi) is 7.34. The average Bonchev–Trinajstić information content (AvgIpc) is 3.73. The molecule has 3 saturated heterocycles. The molecule has 3 aliphatic heterocycles. The maximum atomic E-state index is 12.8. The summed E-state index contributed by atoms with van der Waals surface area (Å²) in [7, 11) is -3.56. The first kappa shape index (κ1) is 28.4. The van der Waals surface area contributed by atoms with E-state index in [0.717, 1.165) is 12.8 Å². The van der Waals surface area contributed by atoms with Crippen LogP contribution in [0.3, 0.4) is 0 Å². The molecule has 5 heterocycles. The molecule has 15 nitrogen and oxygen atoms in total. The van der Waals surface area contributed by atoms with Crippen molar-refractivity contribution in [3.8, 4) is 0 Å². The Morgan fingerprint density at radius 3 is 2.45 bits per heavy atom. The molecule has 6 rings (SSSR count). The number of ether oxygens (including phenoxy) is 3. The van der Waals surface area contributed by atoms with Crippen LogP contribution in [-0.4, -0.2) is 87.9 Å². The van der Waals surface area contributed by atoms with Crippen molar-refractivity contribution in [3.05, 3.63) is 36.9 Å². The van der Waals surface area contributed by atoms with Gasteiger partial charge in [0.2, 0.25) is 10.0 Å². The summed E-state index contributed by atoms with van der Waals surface area (Å²) in [5.41, 5.74) is 1.04. The van der Waals surface area contributed by atoms with Gasteiger partial charge in [-0.15, -0.1) is 0 Å². The SMILES string of the molecule is CCNC(=O)[C@H]1O[C@@H](n2cnc3c(NC(=O)Nc4ccc(S(=O)(=O)N5CCCC5)cc4)ncnc32)[C@@H]2OC(C)(C)O[C@@H]21. The number of aromatic nitrogens is 4. The zero-order chi connectivity index (χ0) is 29.6. The van der Waals surface area contributed by atoms with E-state index in [1.165, 1.54) is 41.2 Å². The quantitative estimate of drug-likeness (QED) is 0.362. The highest BCUT2D eigenvalue weighted by atomic mass is 32.2. The second kappa shape index (κ2) is 10.9. The molecule has 3 aliphatic rings. The lowest BCUT2D eigenvalue weighted by atomic mass is 10.1. The molecule has 2 aromatic heterocycles. The van der Waals surface area contributed by atoms with Crippen LogP contribution in [0.2, 0.25) is 0 Å². The Balaban J connectivity index is 1.18. The van der Waals surface area contributed by atoms with Crippen molar-refractivity contribution in [3.63, 3.8) is 0 Å². The minimum absolute atomic E-state index is 0.142. The lowest BCUT2D eigenvalue weighted by Gasteiger charge is -2.24. The molecule has 3 fully saturated rings. The molecule has 0 radical (unpaired) electrons. The average molecular weight is 601 g/mol.